The third kappa shape index (κ3) is 3.89. The smallest absolute Gasteiger partial charge is 0.358 e. The Morgan fingerprint density at radius 1 is 1.29 bits per heavy atom. The van der Waals surface area contributed by atoms with Gasteiger partial charge in [-0.2, -0.15) is 0 Å². The van der Waals surface area contributed by atoms with Gasteiger partial charge in [0.05, 0.1) is 12.3 Å². The second-order valence-corrected chi connectivity index (χ2v) is 7.05. The Labute approximate surface area is 133 Å². The first-order chi connectivity index (χ1) is 10.0. The van der Waals surface area contributed by atoms with E-state index in [-0.39, 0.29) is 5.97 Å². The van der Waals surface area contributed by atoms with Crippen LogP contribution in [-0.2, 0) is 17.6 Å². The van der Waals surface area contributed by atoms with Gasteiger partial charge >= 0.3 is 5.97 Å². The van der Waals surface area contributed by atoms with Crippen molar-refractivity contribution in [1.82, 2.24) is 9.97 Å². The molecule has 0 amide bonds. The van der Waals surface area contributed by atoms with Crippen LogP contribution in [0.4, 0.5) is 0 Å². The molecule has 2 aromatic rings. The van der Waals surface area contributed by atoms with Gasteiger partial charge in [0.1, 0.15) is 0 Å². The van der Waals surface area contributed by atoms with Crippen LogP contribution in [0.5, 0.6) is 0 Å². The molecule has 21 heavy (non-hydrogen) atoms. The van der Waals surface area contributed by atoms with Crippen LogP contribution in [0.15, 0.2) is 5.38 Å². The Hall–Kier alpha value is -1.27. The van der Waals surface area contributed by atoms with Crippen LogP contribution in [0.1, 0.15) is 48.8 Å². The van der Waals surface area contributed by atoms with E-state index in [4.69, 9.17) is 4.74 Å². The van der Waals surface area contributed by atoms with Crippen LogP contribution in [0, 0.1) is 5.92 Å². The fourth-order valence-electron chi connectivity index (χ4n) is 1.88. The van der Waals surface area contributed by atoms with Crippen molar-refractivity contribution in [1.29, 1.82) is 0 Å². The zero-order chi connectivity index (χ0) is 15.4. The third-order valence-corrected chi connectivity index (χ3v) is 4.97. The number of carbonyl (C=O) groups is 1. The van der Waals surface area contributed by atoms with Gasteiger partial charge in [0.15, 0.2) is 15.7 Å². The number of esters is 1. The topological polar surface area (TPSA) is 52.1 Å². The molecule has 0 aliphatic rings. The van der Waals surface area contributed by atoms with E-state index in [1.165, 1.54) is 0 Å². The predicted octanol–water partition coefficient (Wildman–Crippen LogP) is 4.20. The number of hydrogen-bond acceptors (Lipinski definition) is 6. The van der Waals surface area contributed by atoms with Gasteiger partial charge in [-0.3, -0.25) is 0 Å². The Morgan fingerprint density at radius 2 is 2.05 bits per heavy atom. The van der Waals surface area contributed by atoms with Crippen molar-refractivity contribution in [3.63, 3.8) is 0 Å². The van der Waals surface area contributed by atoms with Crippen LogP contribution in [0.3, 0.4) is 0 Å². The van der Waals surface area contributed by atoms with Gasteiger partial charge in [-0.15, -0.1) is 22.7 Å². The monoisotopic (exact) mass is 324 g/mol. The maximum absolute atomic E-state index is 12.1. The van der Waals surface area contributed by atoms with E-state index in [0.29, 0.717) is 18.2 Å². The molecular formula is C15H20N2O2S2. The second kappa shape index (κ2) is 7.13. The molecule has 0 aromatic carbocycles. The van der Waals surface area contributed by atoms with Crippen molar-refractivity contribution in [2.75, 3.05) is 6.61 Å². The van der Waals surface area contributed by atoms with Gasteiger partial charge in [-0.05, 0) is 25.7 Å². The minimum absolute atomic E-state index is 0.331. The van der Waals surface area contributed by atoms with Gasteiger partial charge in [0, 0.05) is 10.3 Å². The quantitative estimate of drug-likeness (QED) is 0.747. The summed E-state index contributed by atoms with van der Waals surface area (Å²) in [5, 5.41) is 3.75. The lowest BCUT2D eigenvalue weighted by atomic mass is 10.1. The third-order valence-electron chi connectivity index (χ3n) is 2.86. The number of hydrogen-bond donors (Lipinski definition) is 0. The summed E-state index contributed by atoms with van der Waals surface area (Å²) in [4.78, 5) is 22.1. The highest BCUT2D eigenvalue weighted by atomic mass is 32.1. The van der Waals surface area contributed by atoms with Gasteiger partial charge in [0.25, 0.3) is 0 Å². The molecule has 4 nitrogen and oxygen atoms in total. The summed E-state index contributed by atoms with van der Waals surface area (Å²) in [7, 11) is 0. The van der Waals surface area contributed by atoms with Gasteiger partial charge in [0.2, 0.25) is 0 Å². The summed E-state index contributed by atoms with van der Waals surface area (Å²) >= 11 is 3.13. The number of aryl methyl sites for hydroxylation is 1. The highest BCUT2D eigenvalue weighted by Gasteiger charge is 2.21. The SMILES string of the molecule is CCOC(=O)c1nc(-c2nc(CC)cs2)sc1CC(C)C. The number of thiazole rings is 2. The molecule has 6 heteroatoms. The van der Waals surface area contributed by atoms with E-state index in [1.807, 2.05) is 12.3 Å². The lowest BCUT2D eigenvalue weighted by molar-refractivity contribution is 0.0519. The number of aromatic nitrogens is 2. The van der Waals surface area contributed by atoms with Crippen LogP contribution in [0.2, 0.25) is 0 Å². The lowest BCUT2D eigenvalue weighted by Crippen LogP contribution is -2.08. The Balaban J connectivity index is 2.36. The molecule has 0 aliphatic heterocycles. The van der Waals surface area contributed by atoms with Crippen LogP contribution >= 0.6 is 22.7 Å². The summed E-state index contributed by atoms with van der Waals surface area (Å²) in [6, 6.07) is 0. The molecule has 0 fully saturated rings. The molecule has 0 radical (unpaired) electrons. The normalized spacial score (nSPS) is 11.1. The molecule has 2 heterocycles. The summed E-state index contributed by atoms with van der Waals surface area (Å²) in [6.07, 6.45) is 1.74. The first kappa shape index (κ1) is 16.1. The minimum Gasteiger partial charge on any atom is -0.461 e. The average molecular weight is 324 g/mol. The zero-order valence-electron chi connectivity index (χ0n) is 12.8. The Kier molecular flexibility index (Phi) is 5.47. The van der Waals surface area contributed by atoms with Crippen molar-refractivity contribution >= 4 is 28.6 Å². The molecule has 2 rings (SSSR count). The van der Waals surface area contributed by atoms with E-state index in [1.54, 1.807) is 22.7 Å². The van der Waals surface area contributed by atoms with Crippen LogP contribution in [-0.4, -0.2) is 22.5 Å². The minimum atomic E-state index is -0.331. The summed E-state index contributed by atoms with van der Waals surface area (Å²) < 4.78 is 5.11. The summed E-state index contributed by atoms with van der Waals surface area (Å²) in [5.74, 6) is 0.136. The van der Waals surface area contributed by atoms with E-state index >= 15 is 0 Å². The average Bonchev–Trinajstić information content (AvgIpc) is 3.04. The molecule has 114 valence electrons. The maximum Gasteiger partial charge on any atom is 0.358 e. The fourth-order valence-corrected chi connectivity index (χ4v) is 4.08. The van der Waals surface area contributed by atoms with Crippen LogP contribution < -0.4 is 0 Å². The lowest BCUT2D eigenvalue weighted by Gasteiger charge is -2.04. The highest BCUT2D eigenvalue weighted by Crippen LogP contribution is 2.32. The maximum atomic E-state index is 12.1. The molecule has 0 bridgehead atoms. The molecule has 0 unspecified atom stereocenters. The molecule has 2 aromatic heterocycles. The number of carbonyl (C=O) groups excluding carboxylic acids is 1. The number of nitrogens with zero attached hydrogens (tertiary/aromatic N) is 2. The molecule has 0 saturated heterocycles. The molecule has 0 atom stereocenters. The van der Waals surface area contributed by atoms with Crippen molar-refractivity contribution in [2.24, 2.45) is 5.92 Å². The second-order valence-electron chi connectivity index (χ2n) is 5.11. The predicted molar refractivity (Wildman–Crippen MR) is 87.1 cm³/mol. The fraction of sp³-hybridized carbons (Fsp3) is 0.533. The van der Waals surface area contributed by atoms with Gasteiger partial charge in [-0.25, -0.2) is 14.8 Å². The largest absolute Gasteiger partial charge is 0.461 e. The summed E-state index contributed by atoms with van der Waals surface area (Å²) in [5.41, 5.74) is 1.52. The summed E-state index contributed by atoms with van der Waals surface area (Å²) in [6.45, 7) is 8.51. The van der Waals surface area contributed by atoms with Crippen molar-refractivity contribution in [2.45, 2.75) is 40.5 Å². The molecule has 0 spiro atoms. The first-order valence-electron chi connectivity index (χ1n) is 7.16. The van der Waals surface area contributed by atoms with Crippen LogP contribution in [0.25, 0.3) is 10.0 Å². The van der Waals surface area contributed by atoms with Crippen molar-refractivity contribution < 1.29 is 9.53 Å². The Bertz CT molecular complexity index is 617. The first-order valence-corrected chi connectivity index (χ1v) is 8.86. The zero-order valence-corrected chi connectivity index (χ0v) is 14.4. The van der Waals surface area contributed by atoms with Gasteiger partial charge in [-0.1, -0.05) is 20.8 Å². The van der Waals surface area contributed by atoms with E-state index in [9.17, 15) is 4.79 Å². The van der Waals surface area contributed by atoms with Crippen molar-refractivity contribution in [3.05, 3.63) is 21.6 Å². The number of ether oxygens (including phenoxy) is 1. The van der Waals surface area contributed by atoms with Crippen molar-refractivity contribution in [3.8, 4) is 10.0 Å². The number of rotatable bonds is 6. The van der Waals surface area contributed by atoms with E-state index in [0.717, 1.165) is 33.4 Å². The molecule has 0 N–H and O–H groups in total. The molecule has 0 aliphatic carbocycles. The van der Waals surface area contributed by atoms with Gasteiger partial charge < -0.3 is 4.74 Å². The van der Waals surface area contributed by atoms with E-state index < -0.39 is 0 Å². The molecular weight excluding hydrogens is 304 g/mol. The highest BCUT2D eigenvalue weighted by molar-refractivity contribution is 7.20. The molecule has 0 saturated carbocycles. The standard InChI is InChI=1S/C15H20N2O2S2/c1-5-10-8-20-13(16-10)14-17-12(15(18)19-6-2)11(21-14)7-9(3)4/h8-9H,5-7H2,1-4H3. The Morgan fingerprint density at radius 3 is 2.62 bits per heavy atom. The van der Waals surface area contributed by atoms with E-state index in [2.05, 4.69) is 30.7 Å².